The quantitative estimate of drug-likeness (QED) is 0.694. The van der Waals surface area contributed by atoms with Crippen molar-refractivity contribution < 1.29 is 18.7 Å². The predicted octanol–water partition coefficient (Wildman–Crippen LogP) is 3.43. The molecule has 150 valence electrons. The summed E-state index contributed by atoms with van der Waals surface area (Å²) < 4.78 is 19.3. The van der Waals surface area contributed by atoms with Crippen LogP contribution in [0, 0.1) is 11.7 Å². The van der Waals surface area contributed by atoms with Crippen molar-refractivity contribution in [1.29, 1.82) is 0 Å². The Balaban J connectivity index is 2.04. The van der Waals surface area contributed by atoms with Crippen molar-refractivity contribution in [2.24, 2.45) is 5.92 Å². The summed E-state index contributed by atoms with van der Waals surface area (Å²) in [7, 11) is 0. The molecule has 0 bridgehead atoms. The first-order valence-electron chi connectivity index (χ1n) is 9.41. The van der Waals surface area contributed by atoms with Crippen LogP contribution in [0.5, 0.6) is 0 Å². The lowest BCUT2D eigenvalue weighted by Gasteiger charge is -2.22. The molecule has 0 fully saturated rings. The maximum atomic E-state index is 13.8. The Kier molecular flexibility index (Phi) is 8.14. The first kappa shape index (κ1) is 21.6. The second kappa shape index (κ2) is 10.6. The number of hydrogen-bond acceptors (Lipinski definition) is 3. The lowest BCUT2D eigenvalue weighted by Crippen LogP contribution is -2.49. The van der Waals surface area contributed by atoms with Gasteiger partial charge in [0.2, 0.25) is 5.91 Å². The first-order chi connectivity index (χ1) is 13.4. The number of carbonyl (C=O) groups is 2. The molecule has 0 aliphatic carbocycles. The molecule has 1 unspecified atom stereocenters. The third-order valence-electron chi connectivity index (χ3n) is 4.39. The molecule has 2 aromatic rings. The maximum Gasteiger partial charge on any atom is 0.254 e. The zero-order chi connectivity index (χ0) is 20.5. The molecule has 0 aliphatic rings. The highest BCUT2D eigenvalue weighted by Gasteiger charge is 2.25. The van der Waals surface area contributed by atoms with E-state index in [1.807, 2.05) is 45.0 Å². The van der Waals surface area contributed by atoms with Crippen LogP contribution in [0.2, 0.25) is 0 Å². The van der Waals surface area contributed by atoms with Crippen LogP contribution in [0.25, 0.3) is 0 Å². The second-order valence-corrected chi connectivity index (χ2v) is 6.80. The Morgan fingerprint density at radius 1 is 1.04 bits per heavy atom. The van der Waals surface area contributed by atoms with Crippen LogP contribution in [-0.4, -0.2) is 24.5 Å². The van der Waals surface area contributed by atoms with E-state index in [0.29, 0.717) is 19.8 Å². The summed E-state index contributed by atoms with van der Waals surface area (Å²) in [5, 5.41) is 5.51. The largest absolute Gasteiger partial charge is 0.377 e. The molecule has 1 atom stereocenters. The summed E-state index contributed by atoms with van der Waals surface area (Å²) in [5.74, 6) is -1.70. The van der Waals surface area contributed by atoms with Crippen molar-refractivity contribution in [2.75, 3.05) is 6.61 Å². The highest BCUT2D eigenvalue weighted by Crippen LogP contribution is 2.12. The van der Waals surface area contributed by atoms with E-state index < -0.39 is 17.8 Å². The number of rotatable bonds is 9. The first-order valence-corrected chi connectivity index (χ1v) is 9.41. The second-order valence-electron chi connectivity index (χ2n) is 6.80. The van der Waals surface area contributed by atoms with Gasteiger partial charge in [-0.25, -0.2) is 4.39 Å². The summed E-state index contributed by atoms with van der Waals surface area (Å²) in [6.45, 7) is 6.99. The van der Waals surface area contributed by atoms with Crippen molar-refractivity contribution in [2.45, 2.75) is 40.0 Å². The molecule has 0 radical (unpaired) electrons. The summed E-state index contributed by atoms with van der Waals surface area (Å²) in [6, 6.07) is 12.6. The van der Waals surface area contributed by atoms with Crippen LogP contribution in [0.1, 0.15) is 42.3 Å². The fourth-order valence-electron chi connectivity index (χ4n) is 2.77. The van der Waals surface area contributed by atoms with Crippen molar-refractivity contribution in [3.05, 3.63) is 71.0 Å². The van der Waals surface area contributed by atoms with Crippen molar-refractivity contribution >= 4 is 11.8 Å². The number of amides is 2. The standard InChI is InChI=1S/C22H27FN2O3/c1-4-28-14-17-10-6-5-9-16(17)13-24-22(27)20(15(2)3)25-21(26)18-11-7-8-12-19(18)23/h5-12,15,20H,4,13-14H2,1-3H3,(H,24,27)(H,25,26). The molecule has 2 N–H and O–H groups in total. The molecule has 2 rings (SSSR count). The molecule has 0 aliphatic heterocycles. The van der Waals surface area contributed by atoms with Gasteiger partial charge < -0.3 is 15.4 Å². The maximum absolute atomic E-state index is 13.8. The number of carbonyl (C=O) groups excluding carboxylic acids is 2. The third-order valence-corrected chi connectivity index (χ3v) is 4.39. The summed E-state index contributed by atoms with van der Waals surface area (Å²) in [4.78, 5) is 25.1. The van der Waals surface area contributed by atoms with Crippen LogP contribution in [-0.2, 0) is 22.7 Å². The molecule has 2 aromatic carbocycles. The van der Waals surface area contributed by atoms with Crippen molar-refractivity contribution in [3.8, 4) is 0 Å². The van der Waals surface area contributed by atoms with Crippen LogP contribution >= 0.6 is 0 Å². The van der Waals surface area contributed by atoms with Gasteiger partial charge in [-0.05, 0) is 36.1 Å². The molecule has 0 spiro atoms. The van der Waals surface area contributed by atoms with E-state index >= 15 is 0 Å². The number of hydrogen-bond donors (Lipinski definition) is 2. The van der Waals surface area contributed by atoms with E-state index in [1.165, 1.54) is 18.2 Å². The zero-order valence-corrected chi connectivity index (χ0v) is 16.5. The van der Waals surface area contributed by atoms with E-state index in [9.17, 15) is 14.0 Å². The lowest BCUT2D eigenvalue weighted by molar-refractivity contribution is -0.124. The summed E-state index contributed by atoms with van der Waals surface area (Å²) in [5.41, 5.74) is 1.87. The number of benzene rings is 2. The average Bonchev–Trinajstić information content (AvgIpc) is 2.69. The Labute approximate surface area is 165 Å². The number of nitrogens with one attached hydrogen (secondary N) is 2. The highest BCUT2D eigenvalue weighted by atomic mass is 19.1. The molecule has 28 heavy (non-hydrogen) atoms. The van der Waals surface area contributed by atoms with Crippen molar-refractivity contribution in [1.82, 2.24) is 10.6 Å². The fourth-order valence-corrected chi connectivity index (χ4v) is 2.77. The van der Waals surface area contributed by atoms with E-state index in [4.69, 9.17) is 4.74 Å². The van der Waals surface area contributed by atoms with Crippen molar-refractivity contribution in [3.63, 3.8) is 0 Å². The van der Waals surface area contributed by atoms with Gasteiger partial charge in [0.15, 0.2) is 0 Å². The fraction of sp³-hybridized carbons (Fsp3) is 0.364. The molecule has 0 aromatic heterocycles. The Bertz CT molecular complexity index is 808. The van der Waals surface area contributed by atoms with Gasteiger partial charge >= 0.3 is 0 Å². The Hall–Kier alpha value is -2.73. The lowest BCUT2D eigenvalue weighted by atomic mass is 10.0. The minimum Gasteiger partial charge on any atom is -0.377 e. The van der Waals surface area contributed by atoms with Crippen LogP contribution in [0.15, 0.2) is 48.5 Å². The van der Waals surface area contributed by atoms with Gasteiger partial charge in [-0.1, -0.05) is 50.2 Å². The van der Waals surface area contributed by atoms with Crippen LogP contribution in [0.4, 0.5) is 4.39 Å². The third kappa shape index (κ3) is 5.89. The predicted molar refractivity (Wildman–Crippen MR) is 106 cm³/mol. The van der Waals surface area contributed by atoms with E-state index in [1.54, 1.807) is 6.07 Å². The van der Waals surface area contributed by atoms with Crippen LogP contribution < -0.4 is 10.6 Å². The molecule has 6 heteroatoms. The molecular weight excluding hydrogens is 359 g/mol. The Morgan fingerprint density at radius 3 is 2.32 bits per heavy atom. The normalized spacial score (nSPS) is 11.9. The van der Waals surface area contributed by atoms with Gasteiger partial charge in [0.05, 0.1) is 12.2 Å². The molecule has 2 amide bonds. The van der Waals surface area contributed by atoms with E-state index in [-0.39, 0.29) is 17.4 Å². The summed E-state index contributed by atoms with van der Waals surface area (Å²) >= 11 is 0. The molecule has 0 heterocycles. The number of halogens is 1. The van der Waals surface area contributed by atoms with Gasteiger partial charge in [0, 0.05) is 13.2 Å². The minimum absolute atomic E-state index is 0.0805. The molecule has 0 saturated carbocycles. The van der Waals surface area contributed by atoms with E-state index in [0.717, 1.165) is 11.1 Å². The van der Waals surface area contributed by atoms with E-state index in [2.05, 4.69) is 10.6 Å². The van der Waals surface area contributed by atoms with Gasteiger partial charge in [-0.15, -0.1) is 0 Å². The zero-order valence-electron chi connectivity index (χ0n) is 16.5. The molecular formula is C22H27FN2O3. The smallest absolute Gasteiger partial charge is 0.254 e. The van der Waals surface area contributed by atoms with Gasteiger partial charge in [-0.3, -0.25) is 9.59 Å². The Morgan fingerprint density at radius 2 is 1.68 bits per heavy atom. The molecule has 0 saturated heterocycles. The minimum atomic E-state index is -0.772. The van der Waals surface area contributed by atoms with Gasteiger partial charge in [0.1, 0.15) is 11.9 Å². The molecule has 5 nitrogen and oxygen atoms in total. The summed E-state index contributed by atoms with van der Waals surface area (Å²) in [6.07, 6.45) is 0. The van der Waals surface area contributed by atoms with Gasteiger partial charge in [-0.2, -0.15) is 0 Å². The average molecular weight is 386 g/mol. The SMILES string of the molecule is CCOCc1ccccc1CNC(=O)C(NC(=O)c1ccccc1F)C(C)C. The topological polar surface area (TPSA) is 67.4 Å². The highest BCUT2D eigenvalue weighted by molar-refractivity contribution is 5.97. The monoisotopic (exact) mass is 386 g/mol. The van der Waals surface area contributed by atoms with Gasteiger partial charge in [0.25, 0.3) is 5.91 Å². The number of ether oxygens (including phenoxy) is 1. The van der Waals surface area contributed by atoms with Crippen LogP contribution in [0.3, 0.4) is 0 Å².